The highest BCUT2D eigenvalue weighted by Crippen LogP contribution is 2.20. The van der Waals surface area contributed by atoms with Gasteiger partial charge in [0.25, 0.3) is 0 Å². The van der Waals surface area contributed by atoms with Crippen LogP contribution in [0.5, 0.6) is 0 Å². The van der Waals surface area contributed by atoms with E-state index < -0.39 is 22.9 Å². The summed E-state index contributed by atoms with van der Waals surface area (Å²) in [6, 6.07) is 0. The molecular formula is C10H19NO4. The zero-order chi connectivity index (χ0) is 12.3. The van der Waals surface area contributed by atoms with Crippen LogP contribution in [0.25, 0.3) is 0 Å². The molecule has 0 aliphatic heterocycles. The topological polar surface area (TPSA) is 75.6 Å². The van der Waals surface area contributed by atoms with Gasteiger partial charge in [-0.1, -0.05) is 0 Å². The lowest BCUT2D eigenvalue weighted by Crippen LogP contribution is -2.37. The van der Waals surface area contributed by atoms with Gasteiger partial charge in [0.1, 0.15) is 0 Å². The molecule has 88 valence electrons. The fraction of sp³-hybridized carbons (Fsp3) is 0.800. The summed E-state index contributed by atoms with van der Waals surface area (Å²) in [4.78, 5) is 27.1. The third-order valence-corrected chi connectivity index (χ3v) is 1.65. The van der Waals surface area contributed by atoms with Crippen LogP contribution in [0.1, 0.15) is 41.0 Å². The van der Waals surface area contributed by atoms with Gasteiger partial charge < -0.3 is 5.11 Å². The van der Waals surface area contributed by atoms with Crippen molar-refractivity contribution in [1.82, 2.24) is 5.48 Å². The van der Waals surface area contributed by atoms with Crippen molar-refractivity contribution in [3.63, 3.8) is 0 Å². The number of hydrogen-bond acceptors (Lipinski definition) is 3. The van der Waals surface area contributed by atoms with Crippen molar-refractivity contribution >= 4 is 11.9 Å². The first kappa shape index (κ1) is 13.9. The van der Waals surface area contributed by atoms with Crippen molar-refractivity contribution in [1.29, 1.82) is 0 Å². The van der Waals surface area contributed by atoms with E-state index >= 15 is 0 Å². The van der Waals surface area contributed by atoms with Crippen LogP contribution in [0.3, 0.4) is 0 Å². The predicted octanol–water partition coefficient (Wildman–Crippen LogP) is 1.33. The molecule has 15 heavy (non-hydrogen) atoms. The molecule has 0 aromatic carbocycles. The number of carboxylic acids is 1. The van der Waals surface area contributed by atoms with Crippen molar-refractivity contribution in [2.75, 3.05) is 0 Å². The molecule has 1 amide bonds. The van der Waals surface area contributed by atoms with Crippen LogP contribution in [-0.4, -0.2) is 22.6 Å². The minimum absolute atomic E-state index is 0.113. The van der Waals surface area contributed by atoms with Crippen molar-refractivity contribution in [2.45, 2.75) is 46.6 Å². The number of aliphatic carboxylic acids is 1. The van der Waals surface area contributed by atoms with Crippen molar-refractivity contribution in [2.24, 2.45) is 5.41 Å². The Balaban J connectivity index is 4.11. The van der Waals surface area contributed by atoms with Crippen LogP contribution in [-0.2, 0) is 14.4 Å². The van der Waals surface area contributed by atoms with Gasteiger partial charge in [-0.05, 0) is 34.6 Å². The summed E-state index contributed by atoms with van der Waals surface area (Å²) < 4.78 is 0. The SMILES string of the molecule is CC(C)(C)ONC(=O)CC(C)(C)C(=O)O. The van der Waals surface area contributed by atoms with E-state index in [0.717, 1.165) is 0 Å². The van der Waals surface area contributed by atoms with Crippen LogP contribution < -0.4 is 5.48 Å². The first-order valence-electron chi connectivity index (χ1n) is 4.75. The summed E-state index contributed by atoms with van der Waals surface area (Å²) in [7, 11) is 0. The van der Waals surface area contributed by atoms with Gasteiger partial charge in [0.05, 0.1) is 11.0 Å². The van der Waals surface area contributed by atoms with Gasteiger partial charge in [-0.2, -0.15) is 0 Å². The second-order valence-electron chi connectivity index (χ2n) is 5.11. The van der Waals surface area contributed by atoms with E-state index in [-0.39, 0.29) is 6.42 Å². The molecule has 0 unspecified atom stereocenters. The molecule has 0 rings (SSSR count). The smallest absolute Gasteiger partial charge is 0.309 e. The molecule has 0 saturated carbocycles. The summed E-state index contributed by atoms with van der Waals surface area (Å²) in [6.07, 6.45) is -0.113. The molecule has 0 aliphatic carbocycles. The van der Waals surface area contributed by atoms with Crippen molar-refractivity contribution < 1.29 is 19.5 Å². The number of nitrogens with one attached hydrogen (secondary N) is 1. The van der Waals surface area contributed by atoms with E-state index in [1.807, 2.05) is 0 Å². The number of carboxylic acid groups (broad SMARTS) is 1. The van der Waals surface area contributed by atoms with Crippen LogP contribution >= 0.6 is 0 Å². The van der Waals surface area contributed by atoms with Gasteiger partial charge >= 0.3 is 5.97 Å². The lowest BCUT2D eigenvalue weighted by Gasteiger charge is -2.22. The summed E-state index contributed by atoms with van der Waals surface area (Å²) in [6.45, 7) is 8.35. The van der Waals surface area contributed by atoms with E-state index in [4.69, 9.17) is 9.94 Å². The lowest BCUT2D eigenvalue weighted by molar-refractivity contribution is -0.156. The van der Waals surface area contributed by atoms with Crippen LogP contribution in [0.4, 0.5) is 0 Å². The standard InChI is InChI=1S/C10H19NO4/c1-9(2,3)15-11-7(12)6-10(4,5)8(13)14/h6H2,1-5H3,(H,11,12)(H,13,14). The summed E-state index contributed by atoms with van der Waals surface area (Å²) >= 11 is 0. The Morgan fingerprint density at radius 2 is 1.67 bits per heavy atom. The number of carbonyl (C=O) groups is 2. The van der Waals surface area contributed by atoms with Crippen molar-refractivity contribution in [3.8, 4) is 0 Å². The largest absolute Gasteiger partial charge is 0.481 e. The average Bonchev–Trinajstić information content (AvgIpc) is 1.98. The zero-order valence-corrected chi connectivity index (χ0v) is 9.88. The molecule has 5 heteroatoms. The van der Waals surface area contributed by atoms with Gasteiger partial charge in [0, 0.05) is 6.42 Å². The maximum Gasteiger partial charge on any atom is 0.309 e. The summed E-state index contributed by atoms with van der Waals surface area (Å²) in [5, 5.41) is 8.80. The van der Waals surface area contributed by atoms with E-state index in [1.54, 1.807) is 20.8 Å². The molecular weight excluding hydrogens is 198 g/mol. The Bertz CT molecular complexity index is 253. The maximum atomic E-state index is 11.3. The zero-order valence-electron chi connectivity index (χ0n) is 9.88. The van der Waals surface area contributed by atoms with E-state index in [0.29, 0.717) is 0 Å². The molecule has 0 fully saturated rings. The van der Waals surface area contributed by atoms with Crippen molar-refractivity contribution in [3.05, 3.63) is 0 Å². The molecule has 0 aromatic heterocycles. The Morgan fingerprint density at radius 3 is 2.00 bits per heavy atom. The molecule has 2 N–H and O–H groups in total. The highest BCUT2D eigenvalue weighted by atomic mass is 16.7. The average molecular weight is 217 g/mol. The Labute approximate surface area is 89.8 Å². The molecule has 0 aliphatic rings. The molecule has 0 atom stereocenters. The molecule has 0 spiro atoms. The number of amides is 1. The molecule has 0 aromatic rings. The van der Waals surface area contributed by atoms with E-state index in [9.17, 15) is 9.59 Å². The summed E-state index contributed by atoms with van der Waals surface area (Å²) in [5.41, 5.74) is 0.670. The highest BCUT2D eigenvalue weighted by Gasteiger charge is 2.30. The monoisotopic (exact) mass is 217 g/mol. The summed E-state index contributed by atoms with van der Waals surface area (Å²) in [5.74, 6) is -1.44. The normalized spacial score (nSPS) is 12.3. The Hall–Kier alpha value is -1.10. The lowest BCUT2D eigenvalue weighted by atomic mass is 9.89. The minimum atomic E-state index is -1.08. The van der Waals surface area contributed by atoms with Crippen LogP contribution in [0.2, 0.25) is 0 Å². The highest BCUT2D eigenvalue weighted by molar-refractivity contribution is 5.83. The predicted molar refractivity (Wildman–Crippen MR) is 55.0 cm³/mol. The third-order valence-electron chi connectivity index (χ3n) is 1.65. The first-order chi connectivity index (χ1) is 6.54. The van der Waals surface area contributed by atoms with Gasteiger partial charge in [0.2, 0.25) is 5.91 Å². The molecule has 5 nitrogen and oxygen atoms in total. The third kappa shape index (κ3) is 6.06. The van der Waals surface area contributed by atoms with Gasteiger partial charge in [-0.3, -0.25) is 14.4 Å². The fourth-order valence-electron chi connectivity index (χ4n) is 0.723. The second-order valence-corrected chi connectivity index (χ2v) is 5.11. The fourth-order valence-corrected chi connectivity index (χ4v) is 0.723. The second kappa shape index (κ2) is 4.61. The van der Waals surface area contributed by atoms with Gasteiger partial charge in [0.15, 0.2) is 0 Å². The molecule has 0 bridgehead atoms. The van der Waals surface area contributed by atoms with E-state index in [2.05, 4.69) is 5.48 Å². The number of rotatable bonds is 4. The Morgan fingerprint density at radius 1 is 1.20 bits per heavy atom. The maximum absolute atomic E-state index is 11.3. The van der Waals surface area contributed by atoms with Gasteiger partial charge in [-0.25, -0.2) is 5.48 Å². The van der Waals surface area contributed by atoms with Crippen LogP contribution in [0, 0.1) is 5.41 Å². The first-order valence-corrected chi connectivity index (χ1v) is 4.75. The quantitative estimate of drug-likeness (QED) is 0.697. The van der Waals surface area contributed by atoms with E-state index in [1.165, 1.54) is 13.8 Å². The number of hydroxylamine groups is 1. The molecule has 0 radical (unpaired) electrons. The number of carbonyl (C=O) groups excluding carboxylic acids is 1. The van der Waals surface area contributed by atoms with Crippen LogP contribution in [0.15, 0.2) is 0 Å². The number of hydrogen-bond donors (Lipinski definition) is 2. The minimum Gasteiger partial charge on any atom is -0.481 e. The molecule has 0 saturated heterocycles. The van der Waals surface area contributed by atoms with Gasteiger partial charge in [-0.15, -0.1) is 0 Å². The Kier molecular flexibility index (Phi) is 4.27. The molecule has 0 heterocycles.